The van der Waals surface area contributed by atoms with Gasteiger partial charge in [-0.15, -0.1) is 0 Å². The molecule has 0 spiro atoms. The Bertz CT molecular complexity index is 514. The van der Waals surface area contributed by atoms with E-state index >= 15 is 0 Å². The summed E-state index contributed by atoms with van der Waals surface area (Å²) in [4.78, 5) is 23.8. The number of nitrogens with one attached hydrogen (secondary N) is 1. The molecule has 0 atom stereocenters. The second-order valence-corrected chi connectivity index (χ2v) is 3.90. The lowest BCUT2D eigenvalue weighted by atomic mass is 10.3. The van der Waals surface area contributed by atoms with Crippen LogP contribution in [0, 0.1) is 0 Å². The van der Waals surface area contributed by atoms with Crippen LogP contribution in [0.5, 0.6) is 0 Å². The Labute approximate surface area is 101 Å². The molecule has 2 rings (SSSR count). The fourth-order valence-electron chi connectivity index (χ4n) is 1.37. The van der Waals surface area contributed by atoms with Gasteiger partial charge in [-0.1, -0.05) is 35.8 Å². The molecule has 1 aromatic rings. The third-order valence-electron chi connectivity index (χ3n) is 2.13. The Morgan fingerprint density at radius 3 is 2.50 bits per heavy atom. The predicted octanol–water partition coefficient (Wildman–Crippen LogP) is 2.56. The van der Waals surface area contributed by atoms with Gasteiger partial charge in [0.1, 0.15) is 5.70 Å². The predicted molar refractivity (Wildman–Crippen MR) is 61.6 cm³/mol. The van der Waals surface area contributed by atoms with Gasteiger partial charge in [-0.2, -0.15) is 0 Å². The van der Waals surface area contributed by atoms with E-state index in [2.05, 4.69) is 11.9 Å². The summed E-state index contributed by atoms with van der Waals surface area (Å²) in [5.41, 5.74) is 0.358. The maximum Gasteiger partial charge on any atom is 0.333 e. The number of carbonyl (C=O) groups excluding carboxylic acids is 2. The van der Waals surface area contributed by atoms with Crippen molar-refractivity contribution >= 4 is 40.8 Å². The molecule has 0 bridgehead atoms. The number of nitrogens with zero attached hydrogens (tertiary/aromatic N) is 1. The molecule has 0 aliphatic carbocycles. The molecule has 0 aromatic heterocycles. The monoisotopic (exact) mass is 256 g/mol. The zero-order valence-corrected chi connectivity index (χ0v) is 9.47. The maximum atomic E-state index is 11.5. The van der Waals surface area contributed by atoms with Gasteiger partial charge in [0.15, 0.2) is 0 Å². The van der Waals surface area contributed by atoms with Gasteiger partial charge in [0, 0.05) is 0 Å². The molecule has 1 saturated heterocycles. The molecule has 1 heterocycles. The Morgan fingerprint density at radius 2 is 1.94 bits per heavy atom. The van der Waals surface area contributed by atoms with Crippen LogP contribution in [0.25, 0.3) is 0 Å². The number of anilines is 1. The highest BCUT2D eigenvalue weighted by Crippen LogP contribution is 2.35. The van der Waals surface area contributed by atoms with E-state index in [0.717, 1.165) is 4.90 Å². The average molecular weight is 257 g/mol. The number of urea groups is 1. The molecule has 16 heavy (non-hydrogen) atoms. The Kier molecular flexibility index (Phi) is 2.61. The van der Waals surface area contributed by atoms with Crippen LogP contribution in [0.15, 0.2) is 30.5 Å². The van der Waals surface area contributed by atoms with Gasteiger partial charge in [-0.25, -0.2) is 4.79 Å². The van der Waals surface area contributed by atoms with Crippen molar-refractivity contribution in [3.8, 4) is 0 Å². The van der Waals surface area contributed by atoms with E-state index in [1.807, 2.05) is 0 Å². The quantitative estimate of drug-likeness (QED) is 0.620. The van der Waals surface area contributed by atoms with Crippen molar-refractivity contribution in [2.24, 2.45) is 0 Å². The van der Waals surface area contributed by atoms with Crippen molar-refractivity contribution in [1.82, 2.24) is 5.32 Å². The normalized spacial score (nSPS) is 15.6. The van der Waals surface area contributed by atoms with E-state index in [-0.39, 0.29) is 10.7 Å². The lowest BCUT2D eigenvalue weighted by molar-refractivity contribution is -0.115. The number of benzene rings is 1. The number of hydrogen-bond donors (Lipinski definition) is 1. The summed E-state index contributed by atoms with van der Waals surface area (Å²) in [5, 5.41) is 2.62. The first kappa shape index (κ1) is 11.0. The first-order chi connectivity index (χ1) is 7.52. The molecule has 1 aliphatic rings. The van der Waals surface area contributed by atoms with Crippen molar-refractivity contribution < 1.29 is 9.59 Å². The van der Waals surface area contributed by atoms with Gasteiger partial charge in [0.05, 0.1) is 15.7 Å². The van der Waals surface area contributed by atoms with Gasteiger partial charge in [0.2, 0.25) is 0 Å². The van der Waals surface area contributed by atoms with E-state index < -0.39 is 11.9 Å². The van der Waals surface area contributed by atoms with Crippen LogP contribution < -0.4 is 10.2 Å². The summed E-state index contributed by atoms with van der Waals surface area (Å²) in [6.07, 6.45) is 0. The number of rotatable bonds is 1. The molecule has 6 heteroatoms. The molecular weight excluding hydrogens is 251 g/mol. The van der Waals surface area contributed by atoms with E-state index in [4.69, 9.17) is 23.2 Å². The largest absolute Gasteiger partial charge is 0.333 e. The molecule has 1 fully saturated rings. The lowest BCUT2D eigenvalue weighted by Gasteiger charge is -2.16. The third-order valence-corrected chi connectivity index (χ3v) is 2.94. The van der Waals surface area contributed by atoms with Crippen LogP contribution in [0.1, 0.15) is 0 Å². The number of carbonyl (C=O) groups is 2. The number of hydrogen-bond acceptors (Lipinski definition) is 2. The van der Waals surface area contributed by atoms with Gasteiger partial charge in [0.25, 0.3) is 5.91 Å². The van der Waals surface area contributed by atoms with Crippen LogP contribution in [0.4, 0.5) is 10.5 Å². The summed E-state index contributed by atoms with van der Waals surface area (Å²) in [5.74, 6) is -0.541. The van der Waals surface area contributed by atoms with Crippen LogP contribution >= 0.6 is 23.2 Å². The SMILES string of the molecule is C=C1C(=O)NC(=O)N1c1cccc(Cl)c1Cl. The van der Waals surface area contributed by atoms with Gasteiger partial charge in [-0.05, 0) is 12.1 Å². The second kappa shape index (κ2) is 3.81. The molecule has 0 saturated carbocycles. The van der Waals surface area contributed by atoms with E-state index in [0.29, 0.717) is 10.7 Å². The van der Waals surface area contributed by atoms with Crippen molar-refractivity contribution in [2.45, 2.75) is 0 Å². The van der Waals surface area contributed by atoms with Crippen molar-refractivity contribution in [3.05, 3.63) is 40.5 Å². The summed E-state index contributed by atoms with van der Waals surface area (Å²) in [6.45, 7) is 3.51. The molecule has 3 amide bonds. The molecule has 4 nitrogen and oxygen atoms in total. The fourth-order valence-corrected chi connectivity index (χ4v) is 1.75. The molecule has 0 unspecified atom stereocenters. The van der Waals surface area contributed by atoms with Crippen LogP contribution in [0.2, 0.25) is 10.0 Å². The standard InChI is InChI=1S/C10H6Cl2N2O2/c1-5-9(15)13-10(16)14(5)7-4-2-3-6(11)8(7)12/h2-4H,1H2,(H,13,15,16). The van der Waals surface area contributed by atoms with E-state index in [9.17, 15) is 9.59 Å². The highest BCUT2D eigenvalue weighted by molar-refractivity contribution is 6.44. The number of amides is 3. The van der Waals surface area contributed by atoms with Crippen LogP contribution in [-0.4, -0.2) is 11.9 Å². The Balaban J connectivity index is 2.53. The van der Waals surface area contributed by atoms with Crippen molar-refractivity contribution in [2.75, 3.05) is 4.90 Å². The van der Waals surface area contributed by atoms with E-state index in [1.165, 1.54) is 0 Å². The number of imide groups is 1. The van der Waals surface area contributed by atoms with Crippen molar-refractivity contribution in [1.29, 1.82) is 0 Å². The summed E-state index contributed by atoms with van der Waals surface area (Å²) < 4.78 is 0. The van der Waals surface area contributed by atoms with Gasteiger partial charge < -0.3 is 0 Å². The summed E-state index contributed by atoms with van der Waals surface area (Å²) in [7, 11) is 0. The molecule has 1 aromatic carbocycles. The van der Waals surface area contributed by atoms with E-state index in [1.54, 1.807) is 18.2 Å². The Morgan fingerprint density at radius 1 is 1.25 bits per heavy atom. The van der Waals surface area contributed by atoms with Crippen molar-refractivity contribution in [3.63, 3.8) is 0 Å². The lowest BCUT2D eigenvalue weighted by Crippen LogP contribution is -2.27. The van der Waals surface area contributed by atoms with Crippen LogP contribution in [-0.2, 0) is 4.79 Å². The summed E-state index contributed by atoms with van der Waals surface area (Å²) >= 11 is 11.8. The zero-order chi connectivity index (χ0) is 11.9. The molecular formula is C10H6Cl2N2O2. The second-order valence-electron chi connectivity index (χ2n) is 3.11. The minimum atomic E-state index is -0.584. The van der Waals surface area contributed by atoms with Gasteiger partial charge >= 0.3 is 6.03 Å². The van der Waals surface area contributed by atoms with Crippen LogP contribution in [0.3, 0.4) is 0 Å². The highest BCUT2D eigenvalue weighted by atomic mass is 35.5. The minimum Gasteiger partial charge on any atom is -0.272 e. The molecule has 1 N–H and O–H groups in total. The topological polar surface area (TPSA) is 49.4 Å². The smallest absolute Gasteiger partial charge is 0.272 e. The first-order valence-corrected chi connectivity index (χ1v) is 5.06. The Hall–Kier alpha value is -1.52. The number of halogens is 2. The van der Waals surface area contributed by atoms with Gasteiger partial charge in [-0.3, -0.25) is 15.0 Å². The molecule has 1 aliphatic heterocycles. The minimum absolute atomic E-state index is 0.0224. The average Bonchev–Trinajstić information content (AvgIpc) is 2.47. The maximum absolute atomic E-state index is 11.5. The first-order valence-electron chi connectivity index (χ1n) is 4.30. The summed E-state index contributed by atoms with van der Waals surface area (Å²) in [6, 6.07) is 4.22. The third kappa shape index (κ3) is 1.56. The zero-order valence-electron chi connectivity index (χ0n) is 7.96. The molecule has 0 radical (unpaired) electrons. The highest BCUT2D eigenvalue weighted by Gasteiger charge is 2.34. The fraction of sp³-hybridized carbons (Fsp3) is 0. The molecule has 82 valence electrons.